The van der Waals surface area contributed by atoms with Gasteiger partial charge in [-0.2, -0.15) is 0 Å². The highest BCUT2D eigenvalue weighted by Crippen LogP contribution is 2.43. The van der Waals surface area contributed by atoms with Crippen LogP contribution in [0.2, 0.25) is 0 Å². The average Bonchev–Trinajstić information content (AvgIpc) is 3.36. The molecule has 2 unspecified atom stereocenters. The molecule has 0 aliphatic heterocycles. The van der Waals surface area contributed by atoms with Crippen molar-refractivity contribution in [1.29, 1.82) is 0 Å². The second-order valence-corrected chi connectivity index (χ2v) is 21.0. The fraction of sp³-hybridized carbons (Fsp3) is 0.594. The largest absolute Gasteiger partial charge is 0.472 e. The maximum absolute atomic E-state index is 12.8. The normalized spacial score (nSPS) is 14.4. The molecule has 0 aromatic rings. The van der Waals surface area contributed by atoms with Gasteiger partial charge >= 0.3 is 19.8 Å². The summed E-state index contributed by atoms with van der Waals surface area (Å²) < 4.78 is 34.5. The monoisotopic (exact) mass is 1050 g/mol. The molecule has 0 aliphatic carbocycles. The number of hydrogen-bond acceptors (Lipinski definition) is 7. The number of nitrogens with zero attached hydrogens (tertiary/aromatic N) is 1. The van der Waals surface area contributed by atoms with Crippen molar-refractivity contribution in [2.45, 2.75) is 200 Å². The lowest BCUT2D eigenvalue weighted by molar-refractivity contribution is -0.870. The van der Waals surface area contributed by atoms with E-state index in [4.69, 9.17) is 18.5 Å². The molecular weight excluding hydrogens is 942 g/mol. The van der Waals surface area contributed by atoms with Crippen molar-refractivity contribution in [3.8, 4) is 0 Å². The summed E-state index contributed by atoms with van der Waals surface area (Å²) in [6, 6.07) is 0. The minimum Gasteiger partial charge on any atom is -0.462 e. The van der Waals surface area contributed by atoms with Gasteiger partial charge in [-0.05, 0) is 116 Å². The zero-order valence-electron chi connectivity index (χ0n) is 47.3. The number of unbranched alkanes of at least 4 members (excludes halogenated alkanes) is 12. The first-order chi connectivity index (χ1) is 36.0. The van der Waals surface area contributed by atoms with Crippen molar-refractivity contribution >= 4 is 19.8 Å². The molecular formula is C64H105NO8P+. The van der Waals surface area contributed by atoms with Crippen LogP contribution in [0.1, 0.15) is 194 Å². The molecule has 0 fully saturated rings. The van der Waals surface area contributed by atoms with Crippen molar-refractivity contribution in [3.05, 3.63) is 146 Å². The number of phosphoric acid groups is 1. The van der Waals surface area contributed by atoms with E-state index in [1.807, 2.05) is 21.1 Å². The van der Waals surface area contributed by atoms with Crippen LogP contribution >= 0.6 is 7.82 Å². The number of carbonyl (C=O) groups is 2. The minimum atomic E-state index is -4.41. The van der Waals surface area contributed by atoms with Gasteiger partial charge in [-0.1, -0.05) is 211 Å². The zero-order chi connectivity index (χ0) is 54.2. The molecule has 0 bridgehead atoms. The van der Waals surface area contributed by atoms with Crippen LogP contribution in [0.4, 0.5) is 0 Å². The Bertz CT molecular complexity index is 1760. The van der Waals surface area contributed by atoms with Gasteiger partial charge in [0.2, 0.25) is 0 Å². The van der Waals surface area contributed by atoms with Gasteiger partial charge in [0, 0.05) is 12.8 Å². The second kappa shape index (κ2) is 53.7. The third-order valence-corrected chi connectivity index (χ3v) is 12.3. The summed E-state index contributed by atoms with van der Waals surface area (Å²) in [4.78, 5) is 35.7. The Hall–Kier alpha value is -4.11. The van der Waals surface area contributed by atoms with Crippen molar-refractivity contribution in [3.63, 3.8) is 0 Å². The summed E-state index contributed by atoms with van der Waals surface area (Å²) in [6.07, 6.45) is 79.1. The van der Waals surface area contributed by atoms with Gasteiger partial charge in [0.05, 0.1) is 27.7 Å². The fourth-order valence-electron chi connectivity index (χ4n) is 7.02. The number of quaternary nitrogens is 1. The number of phosphoric ester groups is 1. The van der Waals surface area contributed by atoms with Gasteiger partial charge < -0.3 is 18.9 Å². The van der Waals surface area contributed by atoms with E-state index < -0.39 is 32.5 Å². The van der Waals surface area contributed by atoms with Gasteiger partial charge in [0.15, 0.2) is 6.10 Å². The first-order valence-electron chi connectivity index (χ1n) is 28.6. The van der Waals surface area contributed by atoms with Crippen LogP contribution in [0.3, 0.4) is 0 Å². The molecule has 418 valence electrons. The standard InChI is InChI=1S/C64H104NO8P/c1-6-8-10-12-14-16-18-20-22-24-26-28-30-31-32-33-35-37-39-41-43-45-47-49-51-53-55-57-64(67)73-62(61-72-74(68,69)71-59-58-65(3,4)5)60-70-63(66)56-54-52-50-48-46-44-42-40-38-36-34-29-27-25-23-21-19-17-15-13-11-9-7-2/h8-11,14-17,20-23,26-29,31-32,35,37,41,43,47,49,62H,6-7,12-13,18-19,24-25,30,33-34,36,38-40,42,44-46,48,50-61H2,1-5H3/p+1/b10-8-,11-9-,16-14-,17-15-,22-20-,23-21-,28-26-,29-27-,32-31-,37-35-,43-41-,49-47-. The van der Waals surface area contributed by atoms with Gasteiger partial charge in [0.25, 0.3) is 0 Å². The molecule has 0 saturated heterocycles. The third kappa shape index (κ3) is 57.2. The molecule has 0 amide bonds. The number of ether oxygens (including phenoxy) is 2. The topological polar surface area (TPSA) is 108 Å². The SMILES string of the molecule is CC/C=C\C/C=C\C/C=C\C/C=C\C/C=C\C/C=C\C/C=C\C/C=C\CCCCC(=O)OC(COC(=O)CCCCCCCCCCCC/C=C\C/C=C\C/C=C\C/C=C\CC)COP(=O)(O)OCC[N+](C)(C)C. The third-order valence-electron chi connectivity index (χ3n) is 11.4. The number of esters is 2. The molecule has 0 aromatic heterocycles. The van der Waals surface area contributed by atoms with E-state index in [1.54, 1.807) is 0 Å². The maximum atomic E-state index is 12.8. The highest BCUT2D eigenvalue weighted by atomic mass is 31.2. The molecule has 9 nitrogen and oxygen atoms in total. The number of likely N-dealkylation sites (N-methyl/N-ethyl adjacent to an activating group) is 1. The summed E-state index contributed by atoms with van der Waals surface area (Å²) in [7, 11) is 1.42. The molecule has 0 heterocycles. The molecule has 1 N–H and O–H groups in total. The Labute approximate surface area is 453 Å². The Balaban J connectivity index is 4.33. The molecule has 10 heteroatoms. The van der Waals surface area contributed by atoms with E-state index >= 15 is 0 Å². The Morgan fingerprint density at radius 3 is 1.11 bits per heavy atom. The predicted octanol–water partition coefficient (Wildman–Crippen LogP) is 17.9. The lowest BCUT2D eigenvalue weighted by Crippen LogP contribution is -2.37. The molecule has 0 aliphatic rings. The van der Waals surface area contributed by atoms with Crippen molar-refractivity contribution < 1.29 is 42.1 Å². The molecule has 2 atom stereocenters. The highest BCUT2D eigenvalue weighted by molar-refractivity contribution is 7.47. The molecule has 0 saturated carbocycles. The Morgan fingerprint density at radius 2 is 0.730 bits per heavy atom. The first-order valence-corrected chi connectivity index (χ1v) is 30.1. The van der Waals surface area contributed by atoms with Crippen LogP contribution in [0.15, 0.2) is 146 Å². The van der Waals surface area contributed by atoms with Gasteiger partial charge in [0.1, 0.15) is 19.8 Å². The first kappa shape index (κ1) is 69.9. The number of carbonyl (C=O) groups excluding carboxylic acids is 2. The van der Waals surface area contributed by atoms with E-state index in [2.05, 4.69) is 160 Å². The lowest BCUT2D eigenvalue weighted by Gasteiger charge is -2.24. The van der Waals surface area contributed by atoms with Crippen LogP contribution in [0, 0.1) is 0 Å². The van der Waals surface area contributed by atoms with Gasteiger partial charge in [-0.15, -0.1) is 0 Å². The molecule has 74 heavy (non-hydrogen) atoms. The summed E-state index contributed by atoms with van der Waals surface area (Å²) in [5.41, 5.74) is 0. The summed E-state index contributed by atoms with van der Waals surface area (Å²) in [6.45, 7) is 4.13. The van der Waals surface area contributed by atoms with Crippen LogP contribution < -0.4 is 0 Å². The smallest absolute Gasteiger partial charge is 0.462 e. The van der Waals surface area contributed by atoms with Crippen molar-refractivity contribution in [2.24, 2.45) is 0 Å². The fourth-order valence-corrected chi connectivity index (χ4v) is 7.76. The second-order valence-electron chi connectivity index (χ2n) is 19.6. The predicted molar refractivity (Wildman–Crippen MR) is 316 cm³/mol. The minimum absolute atomic E-state index is 0.0134. The van der Waals surface area contributed by atoms with Crippen molar-refractivity contribution in [2.75, 3.05) is 47.5 Å². The van der Waals surface area contributed by atoms with E-state index in [9.17, 15) is 19.0 Å². The number of hydrogen-bond donors (Lipinski definition) is 1. The highest BCUT2D eigenvalue weighted by Gasteiger charge is 2.27. The quantitative estimate of drug-likeness (QED) is 0.0211. The molecule has 0 aromatic carbocycles. The van der Waals surface area contributed by atoms with E-state index in [0.717, 1.165) is 122 Å². The zero-order valence-corrected chi connectivity index (χ0v) is 48.2. The average molecular weight is 1050 g/mol. The number of rotatable bonds is 50. The van der Waals surface area contributed by atoms with Crippen LogP contribution in [0.5, 0.6) is 0 Å². The van der Waals surface area contributed by atoms with Crippen molar-refractivity contribution in [1.82, 2.24) is 0 Å². The van der Waals surface area contributed by atoms with Gasteiger partial charge in [-0.25, -0.2) is 4.57 Å². The van der Waals surface area contributed by atoms with Crippen LogP contribution in [-0.4, -0.2) is 74.9 Å². The molecule has 0 radical (unpaired) electrons. The lowest BCUT2D eigenvalue weighted by atomic mass is 10.1. The Morgan fingerprint density at radius 1 is 0.419 bits per heavy atom. The number of allylic oxidation sites excluding steroid dienone is 24. The van der Waals surface area contributed by atoms with E-state index in [-0.39, 0.29) is 26.1 Å². The van der Waals surface area contributed by atoms with Gasteiger partial charge in [-0.3, -0.25) is 18.6 Å². The summed E-state index contributed by atoms with van der Waals surface area (Å²) in [5.74, 6) is -0.866. The Kier molecular flexibility index (Phi) is 50.7. The summed E-state index contributed by atoms with van der Waals surface area (Å²) in [5, 5.41) is 0. The van der Waals surface area contributed by atoms with E-state index in [0.29, 0.717) is 17.4 Å². The maximum Gasteiger partial charge on any atom is 0.472 e. The summed E-state index contributed by atoms with van der Waals surface area (Å²) >= 11 is 0. The van der Waals surface area contributed by atoms with Crippen LogP contribution in [-0.2, 0) is 32.7 Å². The van der Waals surface area contributed by atoms with E-state index in [1.165, 1.54) is 38.5 Å². The molecule has 0 rings (SSSR count). The molecule has 0 spiro atoms. The van der Waals surface area contributed by atoms with Crippen LogP contribution in [0.25, 0.3) is 0 Å².